The van der Waals surface area contributed by atoms with Crippen LogP contribution in [0.15, 0.2) is 59.1 Å². The number of aromatic nitrogens is 1. The van der Waals surface area contributed by atoms with Gasteiger partial charge in [-0.3, -0.25) is 4.98 Å². The summed E-state index contributed by atoms with van der Waals surface area (Å²) in [5.74, 6) is 1.31. The molecule has 0 radical (unpaired) electrons. The van der Waals surface area contributed by atoms with E-state index < -0.39 is 0 Å². The van der Waals surface area contributed by atoms with Crippen molar-refractivity contribution in [3.8, 4) is 28.8 Å². The van der Waals surface area contributed by atoms with E-state index in [1.165, 1.54) is 6.20 Å². The van der Waals surface area contributed by atoms with E-state index in [2.05, 4.69) is 15.9 Å². The number of nitrogens with zero attached hydrogens (tertiary/aromatic N) is 3. The Morgan fingerprint density at radius 3 is 2.67 bits per heavy atom. The molecule has 1 aromatic carbocycles. The highest BCUT2D eigenvalue weighted by Crippen LogP contribution is 2.28. The number of furan rings is 1. The average molecular weight is 271 g/mol. The fourth-order valence-corrected chi connectivity index (χ4v) is 1.97. The van der Waals surface area contributed by atoms with Crippen LogP contribution in [0.1, 0.15) is 5.56 Å². The van der Waals surface area contributed by atoms with Crippen LogP contribution in [0.3, 0.4) is 0 Å². The lowest BCUT2D eigenvalue weighted by Crippen LogP contribution is -1.79. The van der Waals surface area contributed by atoms with Crippen molar-refractivity contribution >= 4 is 5.69 Å². The molecule has 0 N–H and O–H groups in total. The molecule has 21 heavy (non-hydrogen) atoms. The second kappa shape index (κ2) is 5.32. The molecule has 4 nitrogen and oxygen atoms in total. The van der Waals surface area contributed by atoms with E-state index in [4.69, 9.17) is 16.3 Å². The Hall–Kier alpha value is -3.37. The molecule has 0 spiro atoms. The Kier molecular flexibility index (Phi) is 3.21. The molecule has 2 heterocycles. The first-order valence-corrected chi connectivity index (χ1v) is 6.24. The third kappa shape index (κ3) is 2.51. The maximum absolute atomic E-state index is 8.93. The van der Waals surface area contributed by atoms with Gasteiger partial charge >= 0.3 is 0 Å². The maximum atomic E-state index is 8.93. The second-order valence-corrected chi connectivity index (χ2v) is 4.37. The molecule has 3 aromatic rings. The van der Waals surface area contributed by atoms with Gasteiger partial charge in [0.2, 0.25) is 5.69 Å². The van der Waals surface area contributed by atoms with Gasteiger partial charge in [0.15, 0.2) is 5.76 Å². The molecule has 0 aliphatic rings. The van der Waals surface area contributed by atoms with Gasteiger partial charge < -0.3 is 4.42 Å². The van der Waals surface area contributed by atoms with Crippen LogP contribution < -0.4 is 0 Å². The van der Waals surface area contributed by atoms with Crippen molar-refractivity contribution < 1.29 is 4.42 Å². The fraction of sp³-hybridized carbons (Fsp3) is 0. The summed E-state index contributed by atoms with van der Waals surface area (Å²) in [4.78, 5) is 7.50. The minimum absolute atomic E-state index is 0.493. The fourth-order valence-electron chi connectivity index (χ4n) is 1.97. The van der Waals surface area contributed by atoms with Crippen LogP contribution in [-0.4, -0.2) is 4.98 Å². The van der Waals surface area contributed by atoms with Crippen molar-refractivity contribution in [3.63, 3.8) is 0 Å². The predicted molar refractivity (Wildman–Crippen MR) is 78.4 cm³/mol. The molecule has 3 rings (SSSR count). The Balaban J connectivity index is 1.96. The van der Waals surface area contributed by atoms with Crippen LogP contribution in [0.25, 0.3) is 27.6 Å². The molecular weight excluding hydrogens is 262 g/mol. The largest absolute Gasteiger partial charge is 0.454 e. The summed E-state index contributed by atoms with van der Waals surface area (Å²) in [6, 6.07) is 16.5. The Morgan fingerprint density at radius 1 is 1.10 bits per heavy atom. The SMILES string of the molecule is [C-]#[N+]c1ccc(-c2ccc(-c3cccc(C#N)c3)o2)nc1. The smallest absolute Gasteiger partial charge is 0.205 e. The summed E-state index contributed by atoms with van der Waals surface area (Å²) in [5, 5.41) is 8.93. The normalized spacial score (nSPS) is 9.81. The van der Waals surface area contributed by atoms with Gasteiger partial charge in [0.25, 0.3) is 0 Å². The first kappa shape index (κ1) is 12.7. The molecule has 0 saturated carbocycles. The highest BCUT2D eigenvalue weighted by molar-refractivity contribution is 5.64. The van der Waals surface area contributed by atoms with E-state index in [0.29, 0.717) is 28.5 Å². The van der Waals surface area contributed by atoms with Gasteiger partial charge in [0, 0.05) is 11.8 Å². The third-order valence-corrected chi connectivity index (χ3v) is 3.01. The molecule has 4 heteroatoms. The summed E-state index contributed by atoms with van der Waals surface area (Å²) >= 11 is 0. The number of nitriles is 1. The average Bonchev–Trinajstić information content (AvgIpc) is 3.05. The van der Waals surface area contributed by atoms with Gasteiger partial charge in [-0.2, -0.15) is 5.26 Å². The Labute approximate surface area is 121 Å². The van der Waals surface area contributed by atoms with Crippen LogP contribution in [0.5, 0.6) is 0 Å². The molecular formula is C17H9N3O. The summed E-state index contributed by atoms with van der Waals surface area (Å²) in [6.45, 7) is 6.91. The topological polar surface area (TPSA) is 54.2 Å². The minimum atomic E-state index is 0.493. The van der Waals surface area contributed by atoms with Gasteiger partial charge in [0.1, 0.15) is 11.5 Å². The van der Waals surface area contributed by atoms with Crippen molar-refractivity contribution in [1.82, 2.24) is 4.98 Å². The molecule has 0 aliphatic heterocycles. The molecule has 0 atom stereocenters. The minimum Gasteiger partial charge on any atom is -0.454 e. The van der Waals surface area contributed by atoms with Gasteiger partial charge in [0.05, 0.1) is 18.2 Å². The number of hydrogen-bond donors (Lipinski definition) is 0. The zero-order chi connectivity index (χ0) is 14.7. The van der Waals surface area contributed by atoms with Crippen molar-refractivity contribution in [2.24, 2.45) is 0 Å². The molecule has 0 unspecified atom stereocenters. The summed E-state index contributed by atoms with van der Waals surface area (Å²) in [6.07, 6.45) is 1.51. The first-order valence-electron chi connectivity index (χ1n) is 6.24. The number of pyridine rings is 1. The van der Waals surface area contributed by atoms with E-state index in [1.54, 1.807) is 24.3 Å². The maximum Gasteiger partial charge on any atom is 0.205 e. The van der Waals surface area contributed by atoms with Crippen molar-refractivity contribution in [1.29, 1.82) is 5.26 Å². The number of hydrogen-bond acceptors (Lipinski definition) is 3. The van der Waals surface area contributed by atoms with Gasteiger partial charge in [-0.1, -0.05) is 18.2 Å². The second-order valence-electron chi connectivity index (χ2n) is 4.37. The highest BCUT2D eigenvalue weighted by atomic mass is 16.3. The van der Waals surface area contributed by atoms with Crippen LogP contribution in [0.4, 0.5) is 5.69 Å². The van der Waals surface area contributed by atoms with E-state index in [9.17, 15) is 0 Å². The highest BCUT2D eigenvalue weighted by Gasteiger charge is 2.08. The number of benzene rings is 1. The van der Waals surface area contributed by atoms with Crippen LogP contribution in [0, 0.1) is 17.9 Å². The summed E-state index contributed by atoms with van der Waals surface area (Å²) in [7, 11) is 0. The standard InChI is InChI=1S/C17H9N3O/c1-19-14-5-6-15(20-11-14)17-8-7-16(21-17)13-4-2-3-12(9-13)10-18/h2-9,11H. The molecule has 0 aliphatic carbocycles. The van der Waals surface area contributed by atoms with Gasteiger partial charge in [-0.15, -0.1) is 0 Å². The van der Waals surface area contributed by atoms with E-state index >= 15 is 0 Å². The molecule has 0 amide bonds. The lowest BCUT2D eigenvalue weighted by atomic mass is 10.1. The van der Waals surface area contributed by atoms with Crippen molar-refractivity contribution in [3.05, 3.63) is 71.7 Å². The Bertz CT molecular complexity index is 864. The molecule has 0 bridgehead atoms. The lowest BCUT2D eigenvalue weighted by Gasteiger charge is -1.98. The van der Waals surface area contributed by atoms with Crippen LogP contribution in [0.2, 0.25) is 0 Å². The van der Waals surface area contributed by atoms with Crippen molar-refractivity contribution in [2.45, 2.75) is 0 Å². The molecule has 0 fully saturated rings. The van der Waals surface area contributed by atoms with E-state index in [0.717, 1.165) is 5.56 Å². The van der Waals surface area contributed by atoms with Crippen LogP contribution in [-0.2, 0) is 0 Å². The van der Waals surface area contributed by atoms with Crippen LogP contribution >= 0.6 is 0 Å². The lowest BCUT2D eigenvalue weighted by molar-refractivity contribution is 0.595. The zero-order valence-electron chi connectivity index (χ0n) is 10.9. The Morgan fingerprint density at radius 2 is 1.95 bits per heavy atom. The summed E-state index contributed by atoms with van der Waals surface area (Å²) < 4.78 is 5.78. The first-order chi connectivity index (χ1) is 10.3. The number of rotatable bonds is 2. The molecule has 0 saturated heterocycles. The zero-order valence-corrected chi connectivity index (χ0v) is 10.9. The van der Waals surface area contributed by atoms with Crippen molar-refractivity contribution in [2.75, 3.05) is 0 Å². The monoisotopic (exact) mass is 271 g/mol. The molecule has 2 aromatic heterocycles. The quantitative estimate of drug-likeness (QED) is 0.648. The third-order valence-electron chi connectivity index (χ3n) is 3.01. The predicted octanol–water partition coefficient (Wildman–Crippen LogP) is 4.43. The van der Waals surface area contributed by atoms with E-state index in [-0.39, 0.29) is 0 Å². The van der Waals surface area contributed by atoms with Gasteiger partial charge in [-0.25, -0.2) is 4.85 Å². The van der Waals surface area contributed by atoms with E-state index in [1.807, 2.05) is 24.3 Å². The molecule has 98 valence electrons. The van der Waals surface area contributed by atoms with Gasteiger partial charge in [-0.05, 0) is 30.3 Å². The summed E-state index contributed by atoms with van der Waals surface area (Å²) in [5.41, 5.74) is 2.60.